The van der Waals surface area contributed by atoms with Crippen molar-refractivity contribution in [3.63, 3.8) is 0 Å². The van der Waals surface area contributed by atoms with Gasteiger partial charge in [0.1, 0.15) is 5.75 Å². The Labute approximate surface area is 137 Å². The summed E-state index contributed by atoms with van der Waals surface area (Å²) in [5.74, 6) is 0.356. The molecule has 4 rings (SSSR count). The Balaban J connectivity index is 1.86. The molecule has 0 radical (unpaired) electrons. The first kappa shape index (κ1) is 15.2. The minimum atomic E-state index is -0.547. The van der Waals surface area contributed by atoms with E-state index in [1.54, 1.807) is 6.07 Å². The van der Waals surface area contributed by atoms with Crippen LogP contribution in [0.1, 0.15) is 56.1 Å². The molecular formula is C20H25FO2. The van der Waals surface area contributed by atoms with Gasteiger partial charge < -0.3 is 10.2 Å². The van der Waals surface area contributed by atoms with Crippen LogP contribution in [0.4, 0.5) is 4.39 Å². The number of allylic oxidation sites excluding steroid dienone is 1. The molecule has 0 amide bonds. The van der Waals surface area contributed by atoms with Crippen LogP contribution in [0.2, 0.25) is 0 Å². The predicted octanol–water partition coefficient (Wildman–Crippen LogP) is 4.46. The molecule has 2 saturated carbocycles. The maximum atomic E-state index is 14.9. The smallest absolute Gasteiger partial charge is 0.115 e. The lowest BCUT2D eigenvalue weighted by molar-refractivity contribution is -0.0662. The molecule has 0 bridgehead atoms. The summed E-state index contributed by atoms with van der Waals surface area (Å²) in [5.41, 5.74) is 1.58. The molecule has 1 aromatic rings. The summed E-state index contributed by atoms with van der Waals surface area (Å²) in [6.07, 6.45) is 4.63. The number of aliphatic hydroxyl groups excluding tert-OH is 1. The van der Waals surface area contributed by atoms with Crippen LogP contribution in [-0.2, 0) is 6.42 Å². The fourth-order valence-electron chi connectivity index (χ4n) is 6.14. The maximum Gasteiger partial charge on any atom is 0.115 e. The van der Waals surface area contributed by atoms with Crippen LogP contribution in [0, 0.1) is 16.7 Å². The largest absolute Gasteiger partial charge is 0.508 e. The molecule has 124 valence electrons. The van der Waals surface area contributed by atoms with Gasteiger partial charge in [0.15, 0.2) is 0 Å². The van der Waals surface area contributed by atoms with Gasteiger partial charge in [-0.15, -0.1) is 0 Å². The van der Waals surface area contributed by atoms with Crippen LogP contribution >= 0.6 is 0 Å². The second-order valence-electron chi connectivity index (χ2n) is 8.07. The molecule has 0 saturated heterocycles. The molecule has 2 N–H and O–H groups in total. The summed E-state index contributed by atoms with van der Waals surface area (Å²) >= 11 is 0. The van der Waals surface area contributed by atoms with Gasteiger partial charge in [-0.3, -0.25) is 0 Å². The van der Waals surface area contributed by atoms with Gasteiger partial charge in [-0.2, -0.15) is 0 Å². The predicted molar refractivity (Wildman–Crippen MR) is 87.9 cm³/mol. The lowest BCUT2D eigenvalue weighted by Crippen LogP contribution is -2.51. The van der Waals surface area contributed by atoms with E-state index < -0.39 is 5.41 Å². The SMILES string of the molecule is C=C(F)[C@@]12CCc3cc(O)ccc3[C@H]1CC[C@]1(C)C(O)CC[C@@H]21. The number of fused-ring (bicyclic) bond motifs is 5. The Morgan fingerprint density at radius 2 is 2.04 bits per heavy atom. The molecule has 3 aliphatic rings. The van der Waals surface area contributed by atoms with Crippen molar-refractivity contribution < 1.29 is 14.6 Å². The number of phenolic OH excluding ortho intramolecular Hbond substituents is 1. The summed E-state index contributed by atoms with van der Waals surface area (Å²) in [6, 6.07) is 5.52. The van der Waals surface area contributed by atoms with Crippen LogP contribution in [0.3, 0.4) is 0 Å². The third kappa shape index (κ3) is 1.83. The zero-order valence-corrected chi connectivity index (χ0v) is 13.7. The van der Waals surface area contributed by atoms with E-state index in [-0.39, 0.29) is 34.9 Å². The van der Waals surface area contributed by atoms with Gasteiger partial charge in [-0.05, 0) is 79.0 Å². The van der Waals surface area contributed by atoms with E-state index in [1.807, 2.05) is 12.1 Å². The average Bonchev–Trinajstić information content (AvgIpc) is 2.82. The number of aryl methyl sites for hydroxylation is 1. The van der Waals surface area contributed by atoms with Crippen molar-refractivity contribution in [2.24, 2.45) is 16.7 Å². The van der Waals surface area contributed by atoms with Gasteiger partial charge in [-0.25, -0.2) is 4.39 Å². The number of hydrogen-bond acceptors (Lipinski definition) is 2. The number of benzene rings is 1. The van der Waals surface area contributed by atoms with Gasteiger partial charge >= 0.3 is 0 Å². The van der Waals surface area contributed by atoms with Gasteiger partial charge in [0.05, 0.1) is 11.9 Å². The lowest BCUT2D eigenvalue weighted by Gasteiger charge is -2.57. The van der Waals surface area contributed by atoms with Gasteiger partial charge in [0.25, 0.3) is 0 Å². The highest BCUT2D eigenvalue weighted by Gasteiger charge is 2.63. The molecule has 0 aromatic heterocycles. The number of halogens is 1. The van der Waals surface area contributed by atoms with Crippen molar-refractivity contribution in [3.8, 4) is 5.75 Å². The van der Waals surface area contributed by atoms with E-state index >= 15 is 0 Å². The average molecular weight is 316 g/mol. The third-order valence-electron chi connectivity index (χ3n) is 7.32. The van der Waals surface area contributed by atoms with Crippen LogP contribution in [-0.4, -0.2) is 16.3 Å². The zero-order chi connectivity index (χ0) is 16.4. The minimum Gasteiger partial charge on any atom is -0.508 e. The number of aromatic hydroxyl groups is 1. The van der Waals surface area contributed by atoms with E-state index in [0.29, 0.717) is 0 Å². The molecular weight excluding hydrogens is 291 g/mol. The number of aliphatic hydroxyl groups is 1. The third-order valence-corrected chi connectivity index (χ3v) is 7.32. The lowest BCUT2D eigenvalue weighted by atomic mass is 9.47. The first-order valence-electron chi connectivity index (χ1n) is 8.74. The Morgan fingerprint density at radius 1 is 1.26 bits per heavy atom. The Morgan fingerprint density at radius 3 is 2.78 bits per heavy atom. The summed E-state index contributed by atoms with van der Waals surface area (Å²) < 4.78 is 14.9. The van der Waals surface area contributed by atoms with Crippen LogP contribution in [0.5, 0.6) is 5.75 Å². The molecule has 5 atom stereocenters. The molecule has 1 aromatic carbocycles. The Hall–Kier alpha value is -1.35. The van der Waals surface area contributed by atoms with Gasteiger partial charge in [-0.1, -0.05) is 19.6 Å². The van der Waals surface area contributed by atoms with E-state index in [2.05, 4.69) is 13.5 Å². The van der Waals surface area contributed by atoms with E-state index in [9.17, 15) is 14.6 Å². The molecule has 2 fully saturated rings. The quantitative estimate of drug-likeness (QED) is 0.803. The monoisotopic (exact) mass is 316 g/mol. The second kappa shape index (κ2) is 4.83. The fourth-order valence-corrected chi connectivity index (χ4v) is 6.14. The van der Waals surface area contributed by atoms with E-state index in [1.165, 1.54) is 5.56 Å². The van der Waals surface area contributed by atoms with Crippen LogP contribution in [0.25, 0.3) is 0 Å². The van der Waals surface area contributed by atoms with Gasteiger partial charge in [0.2, 0.25) is 0 Å². The summed E-state index contributed by atoms with van der Waals surface area (Å²) in [7, 11) is 0. The van der Waals surface area contributed by atoms with Gasteiger partial charge in [0, 0.05) is 5.41 Å². The van der Waals surface area contributed by atoms with Crippen molar-refractivity contribution in [1.29, 1.82) is 0 Å². The van der Waals surface area contributed by atoms with Crippen molar-refractivity contribution in [2.45, 2.75) is 57.5 Å². The highest BCUT2D eigenvalue weighted by molar-refractivity contribution is 5.43. The fraction of sp³-hybridized carbons (Fsp3) is 0.600. The summed E-state index contributed by atoms with van der Waals surface area (Å²) in [4.78, 5) is 0. The molecule has 1 unspecified atom stereocenters. The standard InChI is InChI=1S/C20H25FO2/c1-12(21)20-10-7-13-11-14(22)3-4-15(13)16(20)8-9-19(2)17(20)5-6-18(19)23/h3-4,11,16-18,22-23H,1,5-10H2,2H3/t16-,17-,18?,19+,20+/m1/s1. The maximum absolute atomic E-state index is 14.9. The van der Waals surface area contributed by atoms with Crippen molar-refractivity contribution in [3.05, 3.63) is 41.7 Å². The first-order valence-corrected chi connectivity index (χ1v) is 8.74. The van der Waals surface area contributed by atoms with Crippen molar-refractivity contribution in [2.75, 3.05) is 0 Å². The van der Waals surface area contributed by atoms with Crippen molar-refractivity contribution in [1.82, 2.24) is 0 Å². The zero-order valence-electron chi connectivity index (χ0n) is 13.7. The number of phenols is 1. The molecule has 0 heterocycles. The second-order valence-corrected chi connectivity index (χ2v) is 8.07. The van der Waals surface area contributed by atoms with Crippen molar-refractivity contribution >= 4 is 0 Å². The Kier molecular flexibility index (Phi) is 3.19. The van der Waals surface area contributed by atoms with Crippen LogP contribution < -0.4 is 0 Å². The summed E-state index contributed by atoms with van der Waals surface area (Å²) in [6.45, 7) is 5.90. The summed E-state index contributed by atoms with van der Waals surface area (Å²) in [5, 5.41) is 20.3. The molecule has 2 nitrogen and oxygen atoms in total. The number of rotatable bonds is 1. The highest BCUT2D eigenvalue weighted by atomic mass is 19.1. The minimum absolute atomic E-state index is 0.118. The van der Waals surface area contributed by atoms with Crippen LogP contribution in [0.15, 0.2) is 30.6 Å². The molecule has 0 spiro atoms. The first-order chi connectivity index (χ1) is 10.9. The molecule has 3 aliphatic carbocycles. The highest BCUT2D eigenvalue weighted by Crippen LogP contribution is 2.69. The molecule has 3 heteroatoms. The normalized spacial score (nSPS) is 41.8. The molecule has 0 aliphatic heterocycles. The molecule has 23 heavy (non-hydrogen) atoms. The van der Waals surface area contributed by atoms with E-state index in [4.69, 9.17) is 0 Å². The number of hydrogen-bond donors (Lipinski definition) is 2. The van der Waals surface area contributed by atoms with E-state index in [0.717, 1.165) is 44.1 Å². The topological polar surface area (TPSA) is 40.5 Å². The Bertz CT molecular complexity index is 670.